The van der Waals surface area contributed by atoms with Gasteiger partial charge in [-0.15, -0.1) is 0 Å². The van der Waals surface area contributed by atoms with E-state index in [0.717, 1.165) is 10.0 Å². The molecule has 106 valence electrons. The van der Waals surface area contributed by atoms with Gasteiger partial charge in [-0.3, -0.25) is 0 Å². The first kappa shape index (κ1) is 14.9. The van der Waals surface area contributed by atoms with Crippen molar-refractivity contribution in [1.29, 1.82) is 0 Å². The number of aryl methyl sites for hydroxylation is 1. The van der Waals surface area contributed by atoms with Crippen LogP contribution in [-0.2, 0) is 6.54 Å². The molecule has 0 radical (unpaired) electrons. The van der Waals surface area contributed by atoms with E-state index < -0.39 is 11.6 Å². The Morgan fingerprint density at radius 2 is 1.80 bits per heavy atom. The molecule has 5 heteroatoms. The zero-order valence-corrected chi connectivity index (χ0v) is 12.7. The Kier molecular flexibility index (Phi) is 4.73. The molecule has 20 heavy (non-hydrogen) atoms. The second-order valence-electron chi connectivity index (χ2n) is 4.43. The van der Waals surface area contributed by atoms with Crippen LogP contribution in [0.5, 0.6) is 11.5 Å². The minimum Gasteiger partial charge on any atom is -0.451 e. The maximum absolute atomic E-state index is 13.9. The van der Waals surface area contributed by atoms with Gasteiger partial charge >= 0.3 is 0 Å². The molecule has 2 nitrogen and oxygen atoms in total. The van der Waals surface area contributed by atoms with Gasteiger partial charge in [0.25, 0.3) is 0 Å². The van der Waals surface area contributed by atoms with Crippen LogP contribution in [0.3, 0.4) is 0 Å². The van der Waals surface area contributed by atoms with E-state index in [1.807, 2.05) is 19.1 Å². The van der Waals surface area contributed by atoms with Crippen molar-refractivity contribution in [3.8, 4) is 11.5 Å². The largest absolute Gasteiger partial charge is 0.451 e. The van der Waals surface area contributed by atoms with Gasteiger partial charge in [0.15, 0.2) is 17.4 Å². The van der Waals surface area contributed by atoms with Crippen molar-refractivity contribution < 1.29 is 13.5 Å². The molecule has 2 aromatic carbocycles. The molecule has 0 atom stereocenters. The molecule has 2 aromatic rings. The fourth-order valence-corrected chi connectivity index (χ4v) is 2.15. The monoisotopic (exact) mass is 341 g/mol. The Hall–Kier alpha value is -1.46. The number of benzene rings is 2. The molecular formula is C15H14BrF2NO. The lowest BCUT2D eigenvalue weighted by Gasteiger charge is -2.12. The molecule has 0 amide bonds. The smallest absolute Gasteiger partial charge is 0.198 e. The van der Waals surface area contributed by atoms with Gasteiger partial charge in [-0.05, 0) is 49.4 Å². The highest BCUT2D eigenvalue weighted by atomic mass is 79.9. The van der Waals surface area contributed by atoms with Crippen LogP contribution >= 0.6 is 15.9 Å². The molecule has 1 N–H and O–H groups in total. The molecule has 2 rings (SSSR count). The minimum absolute atomic E-state index is 0.383. The van der Waals surface area contributed by atoms with Gasteiger partial charge in [-0.25, -0.2) is 8.78 Å². The Bertz CT molecular complexity index is 608. The molecule has 0 bridgehead atoms. The summed E-state index contributed by atoms with van der Waals surface area (Å²) in [7, 11) is 1.71. The average Bonchev–Trinajstić information content (AvgIpc) is 2.38. The van der Waals surface area contributed by atoms with Gasteiger partial charge in [0.05, 0.1) is 0 Å². The van der Waals surface area contributed by atoms with Crippen molar-refractivity contribution in [3.63, 3.8) is 0 Å². The van der Waals surface area contributed by atoms with Crippen LogP contribution in [-0.4, -0.2) is 7.05 Å². The summed E-state index contributed by atoms with van der Waals surface area (Å²) in [4.78, 5) is 0. The van der Waals surface area contributed by atoms with E-state index in [4.69, 9.17) is 4.74 Å². The standard InChI is InChI=1S/C15H14BrF2NO/c1-9-3-4-11(16)7-14(9)20-15-12(17)5-10(8-19-2)6-13(15)18/h3-7,19H,8H2,1-2H3. The highest BCUT2D eigenvalue weighted by Crippen LogP contribution is 2.32. The van der Waals surface area contributed by atoms with Crippen LogP contribution in [0.15, 0.2) is 34.8 Å². The molecule has 0 aliphatic rings. The van der Waals surface area contributed by atoms with Crippen LogP contribution in [0, 0.1) is 18.6 Å². The van der Waals surface area contributed by atoms with Crippen molar-refractivity contribution in [2.75, 3.05) is 7.05 Å². The number of nitrogens with one attached hydrogen (secondary N) is 1. The topological polar surface area (TPSA) is 21.3 Å². The molecule has 0 aliphatic heterocycles. The summed E-state index contributed by atoms with van der Waals surface area (Å²) >= 11 is 3.30. The third-order valence-corrected chi connectivity index (χ3v) is 3.29. The van der Waals surface area contributed by atoms with E-state index in [2.05, 4.69) is 21.2 Å². The first-order chi connectivity index (χ1) is 9.51. The SMILES string of the molecule is CNCc1cc(F)c(Oc2cc(Br)ccc2C)c(F)c1. The van der Waals surface area contributed by atoms with Crippen molar-refractivity contribution >= 4 is 15.9 Å². The maximum atomic E-state index is 13.9. The van der Waals surface area contributed by atoms with Gasteiger partial charge in [-0.1, -0.05) is 22.0 Å². The Labute approximate surface area is 124 Å². The lowest BCUT2D eigenvalue weighted by molar-refractivity contribution is 0.404. The second kappa shape index (κ2) is 6.33. The Morgan fingerprint density at radius 3 is 2.40 bits per heavy atom. The molecule has 0 aromatic heterocycles. The van der Waals surface area contributed by atoms with Gasteiger partial charge in [0.1, 0.15) is 5.75 Å². The third kappa shape index (κ3) is 3.35. The Balaban J connectivity index is 2.36. The van der Waals surface area contributed by atoms with Gasteiger partial charge in [-0.2, -0.15) is 0 Å². The summed E-state index contributed by atoms with van der Waals surface area (Å²) in [5, 5.41) is 2.84. The predicted molar refractivity (Wildman–Crippen MR) is 78.1 cm³/mol. The van der Waals surface area contributed by atoms with Gasteiger partial charge in [0, 0.05) is 11.0 Å². The molecule has 0 fully saturated rings. The first-order valence-corrected chi connectivity index (χ1v) is 6.87. The summed E-state index contributed by atoms with van der Waals surface area (Å²) < 4.78 is 34.1. The van der Waals surface area contributed by atoms with E-state index in [-0.39, 0.29) is 5.75 Å². The number of hydrogen-bond donors (Lipinski definition) is 1. The van der Waals surface area contributed by atoms with Crippen LogP contribution < -0.4 is 10.1 Å². The summed E-state index contributed by atoms with van der Waals surface area (Å²) in [6.07, 6.45) is 0. The van der Waals surface area contributed by atoms with Crippen molar-refractivity contribution in [3.05, 3.63) is 57.6 Å². The fraction of sp³-hybridized carbons (Fsp3) is 0.200. The van der Waals surface area contributed by atoms with Crippen LogP contribution in [0.2, 0.25) is 0 Å². The zero-order valence-electron chi connectivity index (χ0n) is 11.1. The molecule has 0 aliphatic carbocycles. The lowest BCUT2D eigenvalue weighted by atomic mass is 10.2. The van der Waals surface area contributed by atoms with Gasteiger partial charge in [0.2, 0.25) is 0 Å². The van der Waals surface area contributed by atoms with Crippen LogP contribution in [0.25, 0.3) is 0 Å². The van der Waals surface area contributed by atoms with Crippen LogP contribution in [0.1, 0.15) is 11.1 Å². The van der Waals surface area contributed by atoms with E-state index in [9.17, 15) is 8.78 Å². The normalized spacial score (nSPS) is 10.7. The minimum atomic E-state index is -0.713. The van der Waals surface area contributed by atoms with E-state index in [1.54, 1.807) is 13.1 Å². The second-order valence-corrected chi connectivity index (χ2v) is 5.35. The van der Waals surface area contributed by atoms with Crippen molar-refractivity contribution in [1.82, 2.24) is 5.32 Å². The average molecular weight is 342 g/mol. The summed E-state index contributed by atoms with van der Waals surface area (Å²) in [5.74, 6) is -1.39. The summed E-state index contributed by atoms with van der Waals surface area (Å²) in [5.41, 5.74) is 1.33. The van der Waals surface area contributed by atoms with E-state index in [1.165, 1.54) is 12.1 Å². The van der Waals surface area contributed by atoms with Crippen molar-refractivity contribution in [2.24, 2.45) is 0 Å². The molecule has 0 spiro atoms. The highest BCUT2D eigenvalue weighted by molar-refractivity contribution is 9.10. The molecule has 0 saturated carbocycles. The molecule has 0 unspecified atom stereocenters. The maximum Gasteiger partial charge on any atom is 0.198 e. The number of ether oxygens (including phenoxy) is 1. The quantitative estimate of drug-likeness (QED) is 0.880. The van der Waals surface area contributed by atoms with E-state index in [0.29, 0.717) is 17.9 Å². The number of halogens is 3. The van der Waals surface area contributed by atoms with Crippen molar-refractivity contribution in [2.45, 2.75) is 13.5 Å². The number of rotatable bonds is 4. The summed E-state index contributed by atoms with van der Waals surface area (Å²) in [6, 6.07) is 7.86. The predicted octanol–water partition coefficient (Wildman–Crippen LogP) is 4.55. The molecule has 0 saturated heterocycles. The summed E-state index contributed by atoms with van der Waals surface area (Å²) in [6.45, 7) is 2.21. The Morgan fingerprint density at radius 1 is 1.15 bits per heavy atom. The lowest BCUT2D eigenvalue weighted by Crippen LogP contribution is -2.06. The highest BCUT2D eigenvalue weighted by Gasteiger charge is 2.14. The third-order valence-electron chi connectivity index (χ3n) is 2.80. The molecular weight excluding hydrogens is 328 g/mol. The molecule has 0 heterocycles. The first-order valence-electron chi connectivity index (χ1n) is 6.08. The van der Waals surface area contributed by atoms with E-state index >= 15 is 0 Å². The van der Waals surface area contributed by atoms with Crippen LogP contribution in [0.4, 0.5) is 8.78 Å². The van der Waals surface area contributed by atoms with Gasteiger partial charge < -0.3 is 10.1 Å². The zero-order chi connectivity index (χ0) is 14.7. The fourth-order valence-electron chi connectivity index (χ4n) is 1.81. The number of hydrogen-bond acceptors (Lipinski definition) is 2.